The van der Waals surface area contributed by atoms with Crippen molar-refractivity contribution in [1.82, 2.24) is 5.32 Å². The number of thiophene rings is 1. The summed E-state index contributed by atoms with van der Waals surface area (Å²) < 4.78 is 5.55. The van der Waals surface area contributed by atoms with Gasteiger partial charge in [0.25, 0.3) is 0 Å². The smallest absolute Gasteiger partial charge is 0.224 e. The van der Waals surface area contributed by atoms with Gasteiger partial charge in [-0.15, -0.1) is 23.1 Å². The Morgan fingerprint density at radius 3 is 2.58 bits per heavy atom. The first-order valence-corrected chi connectivity index (χ1v) is 11.0. The van der Waals surface area contributed by atoms with E-state index in [9.17, 15) is 4.79 Å². The Kier molecular flexibility index (Phi) is 6.79. The lowest BCUT2D eigenvalue weighted by molar-refractivity contribution is -0.120. The summed E-state index contributed by atoms with van der Waals surface area (Å²) in [5.74, 6) is 0.0942. The maximum Gasteiger partial charge on any atom is 0.224 e. The van der Waals surface area contributed by atoms with Gasteiger partial charge in [0.05, 0.1) is 6.42 Å². The largest absolute Gasteiger partial charge is 0.381 e. The SMILES string of the molecule is CC(C)Sc1ccc(CC(=O)NCC2(c3cccs3)CCOCC2)cc1. The minimum atomic E-state index is 0.0276. The molecule has 2 heterocycles. The molecule has 3 nitrogen and oxygen atoms in total. The molecule has 1 N–H and O–H groups in total. The van der Waals surface area contributed by atoms with Crippen LogP contribution in [0, 0.1) is 0 Å². The zero-order chi connectivity index (χ0) is 18.4. The number of hydrogen-bond donors (Lipinski definition) is 1. The molecule has 1 amide bonds. The van der Waals surface area contributed by atoms with Crippen LogP contribution in [0.1, 0.15) is 37.1 Å². The molecule has 3 rings (SSSR count). The zero-order valence-electron chi connectivity index (χ0n) is 15.5. The average molecular weight is 390 g/mol. The third kappa shape index (κ3) is 5.12. The summed E-state index contributed by atoms with van der Waals surface area (Å²) in [4.78, 5) is 15.1. The number of ether oxygens (including phenoxy) is 1. The minimum Gasteiger partial charge on any atom is -0.381 e. The van der Waals surface area contributed by atoms with Gasteiger partial charge in [-0.3, -0.25) is 4.79 Å². The Morgan fingerprint density at radius 2 is 1.96 bits per heavy atom. The summed E-state index contributed by atoms with van der Waals surface area (Å²) in [6, 6.07) is 12.6. The predicted molar refractivity (Wildman–Crippen MR) is 110 cm³/mol. The number of benzene rings is 1. The molecule has 140 valence electrons. The van der Waals surface area contributed by atoms with Crippen LogP contribution in [0.5, 0.6) is 0 Å². The van der Waals surface area contributed by atoms with Crippen LogP contribution in [0.25, 0.3) is 0 Å². The summed E-state index contributed by atoms with van der Waals surface area (Å²) in [6.07, 6.45) is 2.37. The molecule has 0 bridgehead atoms. The highest BCUT2D eigenvalue weighted by molar-refractivity contribution is 7.99. The number of carbonyl (C=O) groups is 1. The first-order chi connectivity index (χ1) is 12.6. The van der Waals surface area contributed by atoms with E-state index in [1.165, 1.54) is 9.77 Å². The Hall–Kier alpha value is -1.30. The van der Waals surface area contributed by atoms with Crippen molar-refractivity contribution in [3.63, 3.8) is 0 Å². The monoisotopic (exact) mass is 389 g/mol. The summed E-state index contributed by atoms with van der Waals surface area (Å²) in [7, 11) is 0. The minimum absolute atomic E-state index is 0.0276. The maximum atomic E-state index is 12.5. The van der Waals surface area contributed by atoms with Gasteiger partial charge in [-0.25, -0.2) is 0 Å². The van der Waals surface area contributed by atoms with Crippen LogP contribution in [0.15, 0.2) is 46.7 Å². The molecule has 5 heteroatoms. The topological polar surface area (TPSA) is 38.3 Å². The van der Waals surface area contributed by atoms with Gasteiger partial charge in [0.2, 0.25) is 5.91 Å². The number of rotatable bonds is 7. The fourth-order valence-corrected chi connectivity index (χ4v) is 5.15. The van der Waals surface area contributed by atoms with Gasteiger partial charge in [-0.05, 0) is 42.0 Å². The number of carbonyl (C=O) groups excluding carboxylic acids is 1. The molecule has 0 unspecified atom stereocenters. The van der Waals surface area contributed by atoms with Crippen molar-refractivity contribution in [2.24, 2.45) is 0 Å². The van der Waals surface area contributed by atoms with Crippen LogP contribution >= 0.6 is 23.1 Å². The van der Waals surface area contributed by atoms with Crippen molar-refractivity contribution in [3.05, 3.63) is 52.2 Å². The van der Waals surface area contributed by atoms with Crippen LogP contribution in [0.2, 0.25) is 0 Å². The van der Waals surface area contributed by atoms with E-state index in [1.54, 1.807) is 11.3 Å². The fourth-order valence-electron chi connectivity index (χ4n) is 3.33. The second kappa shape index (κ2) is 9.07. The van der Waals surface area contributed by atoms with E-state index in [4.69, 9.17) is 4.74 Å². The number of nitrogens with one attached hydrogen (secondary N) is 1. The summed E-state index contributed by atoms with van der Waals surface area (Å²) in [5, 5.41) is 5.87. The fraction of sp³-hybridized carbons (Fsp3) is 0.476. The van der Waals surface area contributed by atoms with E-state index in [0.717, 1.165) is 31.6 Å². The van der Waals surface area contributed by atoms with E-state index in [-0.39, 0.29) is 11.3 Å². The number of amides is 1. The second-order valence-electron chi connectivity index (χ2n) is 7.13. The highest BCUT2D eigenvalue weighted by Crippen LogP contribution is 2.37. The first kappa shape index (κ1) is 19.5. The Balaban J connectivity index is 1.57. The van der Waals surface area contributed by atoms with E-state index in [1.807, 2.05) is 11.8 Å². The standard InChI is InChI=1S/C21H27NO2S2/c1-16(2)26-18-7-5-17(6-8-18)14-20(23)22-15-21(9-11-24-12-10-21)19-4-3-13-25-19/h3-8,13,16H,9-12,14-15H2,1-2H3,(H,22,23). The average Bonchev–Trinajstić information content (AvgIpc) is 3.17. The Labute approximate surface area is 164 Å². The molecule has 26 heavy (non-hydrogen) atoms. The maximum absolute atomic E-state index is 12.5. The Morgan fingerprint density at radius 1 is 1.23 bits per heavy atom. The highest BCUT2D eigenvalue weighted by atomic mass is 32.2. The highest BCUT2D eigenvalue weighted by Gasteiger charge is 2.35. The van der Waals surface area contributed by atoms with Crippen molar-refractivity contribution in [3.8, 4) is 0 Å². The van der Waals surface area contributed by atoms with Crippen molar-refractivity contribution < 1.29 is 9.53 Å². The van der Waals surface area contributed by atoms with Crippen LogP contribution < -0.4 is 5.32 Å². The molecule has 1 aliphatic rings. The molecule has 1 aliphatic heterocycles. The van der Waals surface area contributed by atoms with Gasteiger partial charge >= 0.3 is 0 Å². The second-order valence-corrected chi connectivity index (χ2v) is 9.73. The third-order valence-electron chi connectivity index (χ3n) is 4.78. The summed E-state index contributed by atoms with van der Waals surface area (Å²) >= 11 is 3.62. The van der Waals surface area contributed by atoms with Crippen molar-refractivity contribution in [1.29, 1.82) is 0 Å². The molecule has 0 saturated carbocycles. The molecular formula is C21H27NO2S2. The van der Waals surface area contributed by atoms with Crippen LogP contribution in [0.4, 0.5) is 0 Å². The molecule has 1 aromatic carbocycles. The third-order valence-corrected chi connectivity index (χ3v) is 6.91. The van der Waals surface area contributed by atoms with E-state index >= 15 is 0 Å². The van der Waals surface area contributed by atoms with Gasteiger partial charge in [0.1, 0.15) is 0 Å². The van der Waals surface area contributed by atoms with E-state index < -0.39 is 0 Å². The first-order valence-electron chi connectivity index (χ1n) is 9.21. The van der Waals surface area contributed by atoms with Gasteiger partial charge in [0.15, 0.2) is 0 Å². The molecule has 1 aromatic heterocycles. The Bertz CT molecular complexity index is 689. The molecule has 0 aliphatic carbocycles. The van der Waals surface area contributed by atoms with Gasteiger partial charge < -0.3 is 10.1 Å². The van der Waals surface area contributed by atoms with Gasteiger partial charge in [-0.1, -0.05) is 32.0 Å². The van der Waals surface area contributed by atoms with Crippen molar-refractivity contribution in [2.75, 3.05) is 19.8 Å². The normalized spacial score (nSPS) is 16.6. The van der Waals surface area contributed by atoms with Crippen LogP contribution in [-0.4, -0.2) is 30.9 Å². The number of hydrogen-bond acceptors (Lipinski definition) is 4. The molecule has 0 radical (unpaired) electrons. The molecule has 0 spiro atoms. The molecule has 0 atom stereocenters. The lowest BCUT2D eigenvalue weighted by Crippen LogP contribution is -2.44. The summed E-state index contributed by atoms with van der Waals surface area (Å²) in [5.41, 5.74) is 1.09. The van der Waals surface area contributed by atoms with Gasteiger partial charge in [0, 0.05) is 40.2 Å². The predicted octanol–water partition coefficient (Wildman–Crippen LogP) is 4.66. The molecular weight excluding hydrogens is 362 g/mol. The molecule has 2 aromatic rings. The van der Waals surface area contributed by atoms with Crippen molar-refractivity contribution >= 4 is 29.0 Å². The number of thioether (sulfide) groups is 1. The van der Waals surface area contributed by atoms with Crippen LogP contribution in [0.3, 0.4) is 0 Å². The van der Waals surface area contributed by atoms with Crippen molar-refractivity contribution in [2.45, 2.75) is 48.7 Å². The quantitative estimate of drug-likeness (QED) is 0.700. The molecule has 1 fully saturated rings. The lowest BCUT2D eigenvalue weighted by Gasteiger charge is -2.36. The van der Waals surface area contributed by atoms with Gasteiger partial charge in [-0.2, -0.15) is 0 Å². The molecule has 1 saturated heterocycles. The van der Waals surface area contributed by atoms with E-state index in [0.29, 0.717) is 18.2 Å². The summed E-state index contributed by atoms with van der Waals surface area (Å²) in [6.45, 7) is 6.60. The lowest BCUT2D eigenvalue weighted by atomic mass is 9.78. The van der Waals surface area contributed by atoms with E-state index in [2.05, 4.69) is 60.9 Å². The van der Waals surface area contributed by atoms with Crippen LogP contribution in [-0.2, 0) is 21.4 Å². The zero-order valence-corrected chi connectivity index (χ0v) is 17.1.